The predicted molar refractivity (Wildman–Crippen MR) is 94.9 cm³/mol. The first-order chi connectivity index (χ1) is 11.8. The van der Waals surface area contributed by atoms with E-state index < -0.39 is 0 Å². The Kier molecular flexibility index (Phi) is 5.21. The van der Waals surface area contributed by atoms with Gasteiger partial charge in [0.1, 0.15) is 11.5 Å². The Morgan fingerprint density at radius 2 is 2.00 bits per heavy atom. The van der Waals surface area contributed by atoms with E-state index in [2.05, 4.69) is 27.9 Å². The fraction of sp³-hybridized carbons (Fsp3) is 0.316. The summed E-state index contributed by atoms with van der Waals surface area (Å²) in [4.78, 5) is 20.8. The van der Waals surface area contributed by atoms with Crippen molar-refractivity contribution in [2.75, 3.05) is 6.54 Å². The predicted octanol–water partition coefficient (Wildman–Crippen LogP) is 3.20. The van der Waals surface area contributed by atoms with Crippen molar-refractivity contribution in [1.29, 1.82) is 0 Å². The van der Waals surface area contributed by atoms with Gasteiger partial charge in [-0.3, -0.25) is 9.78 Å². The van der Waals surface area contributed by atoms with Crippen LogP contribution in [0, 0.1) is 0 Å². The maximum atomic E-state index is 12.0. The number of carbonyl (C=O) groups excluding carboxylic acids is 1. The Labute approximate surface area is 141 Å². The van der Waals surface area contributed by atoms with E-state index in [0.29, 0.717) is 12.2 Å². The van der Waals surface area contributed by atoms with Crippen molar-refractivity contribution in [3.63, 3.8) is 0 Å². The monoisotopic (exact) mass is 322 g/mol. The van der Waals surface area contributed by atoms with Gasteiger partial charge in [-0.05, 0) is 37.1 Å². The molecule has 0 atom stereocenters. The van der Waals surface area contributed by atoms with Gasteiger partial charge in [0.05, 0.1) is 11.0 Å². The maximum absolute atomic E-state index is 12.0. The van der Waals surface area contributed by atoms with Crippen LogP contribution < -0.4 is 5.32 Å². The molecular weight excluding hydrogens is 300 g/mol. The minimum Gasteiger partial charge on any atom is -0.351 e. The lowest BCUT2D eigenvalue weighted by Gasteiger charge is -2.08. The number of pyridine rings is 1. The summed E-state index contributed by atoms with van der Waals surface area (Å²) in [6.07, 6.45) is 4.40. The molecule has 0 unspecified atom stereocenters. The summed E-state index contributed by atoms with van der Waals surface area (Å²) in [6.45, 7) is 3.76. The molecule has 2 heterocycles. The number of hydrogen-bond acceptors (Lipinski definition) is 3. The second-order valence-electron chi connectivity index (χ2n) is 5.74. The molecule has 5 heteroatoms. The van der Waals surface area contributed by atoms with Crippen molar-refractivity contribution in [3.8, 4) is 0 Å². The molecule has 124 valence electrons. The number of imidazole rings is 1. The van der Waals surface area contributed by atoms with Crippen molar-refractivity contribution < 1.29 is 4.79 Å². The highest BCUT2D eigenvalue weighted by Crippen LogP contribution is 2.17. The molecule has 0 aliphatic heterocycles. The minimum atomic E-state index is -0.127. The van der Waals surface area contributed by atoms with E-state index in [-0.39, 0.29) is 5.91 Å². The summed E-state index contributed by atoms with van der Waals surface area (Å²) < 4.78 is 2.29. The molecule has 1 aromatic carbocycles. The molecule has 0 saturated carbocycles. The van der Waals surface area contributed by atoms with Crippen LogP contribution in [0.4, 0.5) is 0 Å². The van der Waals surface area contributed by atoms with Gasteiger partial charge in [-0.2, -0.15) is 0 Å². The van der Waals surface area contributed by atoms with Gasteiger partial charge in [0.15, 0.2) is 0 Å². The fourth-order valence-corrected chi connectivity index (χ4v) is 2.83. The Bertz CT molecular complexity index is 811. The molecule has 1 N–H and O–H groups in total. The highest BCUT2D eigenvalue weighted by Gasteiger charge is 2.10. The van der Waals surface area contributed by atoms with Gasteiger partial charge < -0.3 is 9.88 Å². The minimum absolute atomic E-state index is 0.127. The van der Waals surface area contributed by atoms with Gasteiger partial charge in [0, 0.05) is 25.7 Å². The van der Waals surface area contributed by atoms with Crippen LogP contribution in [-0.2, 0) is 13.0 Å². The molecule has 1 amide bonds. The van der Waals surface area contributed by atoms with Crippen LogP contribution in [0.15, 0.2) is 48.7 Å². The Morgan fingerprint density at radius 3 is 2.79 bits per heavy atom. The van der Waals surface area contributed by atoms with Crippen molar-refractivity contribution in [3.05, 3.63) is 60.2 Å². The van der Waals surface area contributed by atoms with Crippen molar-refractivity contribution in [1.82, 2.24) is 19.9 Å². The van der Waals surface area contributed by atoms with E-state index in [1.807, 2.05) is 24.3 Å². The summed E-state index contributed by atoms with van der Waals surface area (Å²) in [5.41, 5.74) is 2.68. The quantitative estimate of drug-likeness (QED) is 0.680. The van der Waals surface area contributed by atoms with Crippen LogP contribution in [0.3, 0.4) is 0 Å². The highest BCUT2D eigenvalue weighted by atomic mass is 16.1. The van der Waals surface area contributed by atoms with E-state index in [4.69, 9.17) is 4.98 Å². The van der Waals surface area contributed by atoms with Gasteiger partial charge in [-0.25, -0.2) is 4.98 Å². The first kappa shape index (κ1) is 16.2. The molecule has 0 fully saturated rings. The highest BCUT2D eigenvalue weighted by molar-refractivity contribution is 5.92. The average molecular weight is 322 g/mol. The first-order valence-electron chi connectivity index (χ1n) is 8.43. The largest absolute Gasteiger partial charge is 0.351 e. The molecule has 5 nitrogen and oxygen atoms in total. The Hall–Kier alpha value is -2.69. The van der Waals surface area contributed by atoms with Gasteiger partial charge in [-0.1, -0.05) is 25.1 Å². The Morgan fingerprint density at radius 1 is 1.17 bits per heavy atom. The third kappa shape index (κ3) is 3.62. The van der Waals surface area contributed by atoms with E-state index >= 15 is 0 Å². The van der Waals surface area contributed by atoms with Gasteiger partial charge in [0.25, 0.3) is 5.91 Å². The van der Waals surface area contributed by atoms with Gasteiger partial charge >= 0.3 is 0 Å². The second kappa shape index (κ2) is 7.73. The van der Waals surface area contributed by atoms with Crippen LogP contribution in [-0.4, -0.2) is 27.0 Å². The summed E-state index contributed by atoms with van der Waals surface area (Å²) in [5, 5.41) is 2.92. The number of nitrogens with one attached hydrogen (secondary N) is 1. The zero-order chi connectivity index (χ0) is 16.8. The SMILES string of the molecule is CCCn1c(CCCNC(=O)c2ccccn2)nc2ccccc21. The molecule has 0 spiro atoms. The summed E-state index contributed by atoms with van der Waals surface area (Å²) in [5.74, 6) is 0.961. The van der Waals surface area contributed by atoms with Gasteiger partial charge in [-0.15, -0.1) is 0 Å². The summed E-state index contributed by atoms with van der Waals surface area (Å²) in [6, 6.07) is 13.6. The number of para-hydroxylation sites is 2. The molecule has 2 aromatic heterocycles. The zero-order valence-corrected chi connectivity index (χ0v) is 13.9. The number of aryl methyl sites for hydroxylation is 2. The lowest BCUT2D eigenvalue weighted by atomic mass is 10.2. The van der Waals surface area contributed by atoms with Crippen molar-refractivity contribution in [2.45, 2.75) is 32.7 Å². The van der Waals surface area contributed by atoms with Crippen molar-refractivity contribution >= 4 is 16.9 Å². The second-order valence-corrected chi connectivity index (χ2v) is 5.74. The number of carbonyl (C=O) groups is 1. The number of rotatable bonds is 7. The van der Waals surface area contributed by atoms with E-state index in [9.17, 15) is 4.79 Å². The molecular formula is C19H22N4O. The standard InChI is InChI=1S/C19H22N4O/c1-2-14-23-17-10-4-3-8-15(17)22-18(23)11-7-13-21-19(24)16-9-5-6-12-20-16/h3-6,8-10,12H,2,7,11,13-14H2,1H3,(H,21,24). The molecule has 0 aliphatic carbocycles. The third-order valence-electron chi connectivity index (χ3n) is 3.94. The van der Waals surface area contributed by atoms with E-state index in [1.165, 1.54) is 5.52 Å². The number of hydrogen-bond donors (Lipinski definition) is 1. The maximum Gasteiger partial charge on any atom is 0.269 e. The number of fused-ring (bicyclic) bond motifs is 1. The average Bonchev–Trinajstić information content (AvgIpc) is 2.97. The fourth-order valence-electron chi connectivity index (χ4n) is 2.83. The summed E-state index contributed by atoms with van der Waals surface area (Å²) >= 11 is 0. The molecule has 24 heavy (non-hydrogen) atoms. The smallest absolute Gasteiger partial charge is 0.269 e. The molecule has 3 aromatic rings. The number of benzene rings is 1. The zero-order valence-electron chi connectivity index (χ0n) is 13.9. The number of amides is 1. The third-order valence-corrected chi connectivity index (χ3v) is 3.94. The molecule has 3 rings (SSSR count). The lowest BCUT2D eigenvalue weighted by Crippen LogP contribution is -2.25. The van der Waals surface area contributed by atoms with Crippen LogP contribution in [0.1, 0.15) is 36.1 Å². The van der Waals surface area contributed by atoms with Crippen LogP contribution >= 0.6 is 0 Å². The van der Waals surface area contributed by atoms with Crippen LogP contribution in [0.25, 0.3) is 11.0 Å². The van der Waals surface area contributed by atoms with E-state index in [1.54, 1.807) is 18.3 Å². The Balaban J connectivity index is 1.59. The van der Waals surface area contributed by atoms with Gasteiger partial charge in [0.2, 0.25) is 0 Å². The lowest BCUT2D eigenvalue weighted by molar-refractivity contribution is 0.0948. The number of nitrogens with zero attached hydrogens (tertiary/aromatic N) is 3. The topological polar surface area (TPSA) is 59.8 Å². The molecule has 0 aliphatic rings. The van der Waals surface area contributed by atoms with E-state index in [0.717, 1.165) is 37.1 Å². The van der Waals surface area contributed by atoms with Crippen LogP contribution in [0.2, 0.25) is 0 Å². The summed E-state index contributed by atoms with van der Waals surface area (Å²) in [7, 11) is 0. The van der Waals surface area contributed by atoms with Crippen LogP contribution in [0.5, 0.6) is 0 Å². The first-order valence-corrected chi connectivity index (χ1v) is 8.43. The molecule has 0 bridgehead atoms. The molecule has 0 radical (unpaired) electrons. The normalized spacial score (nSPS) is 10.9. The number of aromatic nitrogens is 3. The van der Waals surface area contributed by atoms with Crippen molar-refractivity contribution in [2.24, 2.45) is 0 Å². The molecule has 0 saturated heterocycles.